The molecule has 28 heavy (non-hydrogen) atoms. The van der Waals surface area contributed by atoms with Crippen LogP contribution in [-0.2, 0) is 11.0 Å². The molecule has 1 amide bonds. The van der Waals surface area contributed by atoms with Crippen LogP contribution in [0.4, 0.5) is 32.0 Å². The van der Waals surface area contributed by atoms with Crippen LogP contribution in [0.15, 0.2) is 48.5 Å². The molecule has 1 fully saturated rings. The number of hydrogen-bond donors (Lipinski definition) is 0. The van der Waals surface area contributed by atoms with Gasteiger partial charge in [-0.2, -0.15) is 13.2 Å². The van der Waals surface area contributed by atoms with Gasteiger partial charge in [0.1, 0.15) is 5.75 Å². The number of amides is 1. The average molecular weight is 403 g/mol. The standard InChI is InChI=1S/C19H15F6NO2/c20-18(21,22)15-6-1-2-7-16(15)26-9-8-13(11-17(26)27)12-4-3-5-14(10-12)28-19(23,24)25/h1-7,10,13H,8-9,11H2. The number of carbonyl (C=O) groups excluding carboxylic acids is 1. The maximum atomic E-state index is 13.2. The fourth-order valence-corrected chi connectivity index (χ4v) is 3.29. The van der Waals surface area contributed by atoms with Gasteiger partial charge in [0, 0.05) is 13.0 Å². The lowest BCUT2D eigenvalue weighted by molar-refractivity contribution is -0.274. The van der Waals surface area contributed by atoms with E-state index in [9.17, 15) is 31.1 Å². The fraction of sp³-hybridized carbons (Fsp3) is 0.316. The van der Waals surface area contributed by atoms with E-state index in [1.807, 2.05) is 0 Å². The van der Waals surface area contributed by atoms with E-state index in [0.717, 1.165) is 17.0 Å². The van der Waals surface area contributed by atoms with Crippen molar-refractivity contribution in [3.8, 4) is 5.75 Å². The van der Waals surface area contributed by atoms with E-state index >= 15 is 0 Å². The molecule has 1 aliphatic heterocycles. The number of hydrogen-bond acceptors (Lipinski definition) is 2. The zero-order valence-electron chi connectivity index (χ0n) is 14.3. The molecule has 1 heterocycles. The molecule has 0 spiro atoms. The molecule has 9 heteroatoms. The molecule has 1 saturated heterocycles. The van der Waals surface area contributed by atoms with Crippen LogP contribution in [0.25, 0.3) is 0 Å². The Morgan fingerprint density at radius 2 is 1.68 bits per heavy atom. The van der Waals surface area contributed by atoms with E-state index in [4.69, 9.17) is 0 Å². The second-order valence-electron chi connectivity index (χ2n) is 6.37. The Bertz CT molecular complexity index is 862. The highest BCUT2D eigenvalue weighted by Gasteiger charge is 2.37. The molecule has 0 aromatic heterocycles. The largest absolute Gasteiger partial charge is 0.573 e. The van der Waals surface area contributed by atoms with Crippen molar-refractivity contribution in [2.45, 2.75) is 31.3 Å². The number of piperidine rings is 1. The summed E-state index contributed by atoms with van der Waals surface area (Å²) >= 11 is 0. The van der Waals surface area contributed by atoms with Crippen LogP contribution in [0.2, 0.25) is 0 Å². The van der Waals surface area contributed by atoms with Gasteiger partial charge in [0.15, 0.2) is 0 Å². The smallest absolute Gasteiger partial charge is 0.406 e. The van der Waals surface area contributed by atoms with Crippen LogP contribution in [0, 0.1) is 0 Å². The topological polar surface area (TPSA) is 29.5 Å². The number of rotatable bonds is 3. The van der Waals surface area contributed by atoms with Gasteiger partial charge < -0.3 is 9.64 Å². The highest BCUT2D eigenvalue weighted by molar-refractivity contribution is 5.95. The Hall–Kier alpha value is -2.71. The van der Waals surface area contributed by atoms with Crippen molar-refractivity contribution in [2.75, 3.05) is 11.4 Å². The molecule has 0 bridgehead atoms. The minimum Gasteiger partial charge on any atom is -0.406 e. The summed E-state index contributed by atoms with van der Waals surface area (Å²) in [5.74, 6) is -1.32. The van der Waals surface area contributed by atoms with Gasteiger partial charge in [-0.25, -0.2) is 0 Å². The van der Waals surface area contributed by atoms with Crippen molar-refractivity contribution in [3.63, 3.8) is 0 Å². The van der Waals surface area contributed by atoms with Crippen molar-refractivity contribution < 1.29 is 35.9 Å². The lowest BCUT2D eigenvalue weighted by atomic mass is 9.88. The van der Waals surface area contributed by atoms with Gasteiger partial charge in [0.2, 0.25) is 5.91 Å². The van der Waals surface area contributed by atoms with E-state index < -0.39 is 35.7 Å². The summed E-state index contributed by atoms with van der Waals surface area (Å²) in [6.45, 7) is 0.0287. The molecule has 1 unspecified atom stereocenters. The summed E-state index contributed by atoms with van der Waals surface area (Å²) in [6, 6.07) is 10.1. The molecule has 0 N–H and O–H groups in total. The zero-order valence-corrected chi connectivity index (χ0v) is 14.3. The molecule has 3 nitrogen and oxygen atoms in total. The van der Waals surface area contributed by atoms with Gasteiger partial charge in [-0.3, -0.25) is 4.79 Å². The van der Waals surface area contributed by atoms with Crippen LogP contribution < -0.4 is 9.64 Å². The lowest BCUT2D eigenvalue weighted by Crippen LogP contribution is -2.39. The first-order chi connectivity index (χ1) is 13.0. The number of halogens is 6. The van der Waals surface area contributed by atoms with Gasteiger partial charge in [-0.1, -0.05) is 24.3 Å². The molecule has 2 aromatic carbocycles. The van der Waals surface area contributed by atoms with Crippen LogP contribution in [0.1, 0.15) is 29.9 Å². The van der Waals surface area contributed by atoms with Crippen LogP contribution in [0.3, 0.4) is 0 Å². The molecule has 1 aliphatic rings. The molecule has 0 saturated carbocycles. The molecular formula is C19H15F6NO2. The Labute approximate surface area is 156 Å². The van der Waals surface area contributed by atoms with Crippen LogP contribution in [0.5, 0.6) is 5.75 Å². The van der Waals surface area contributed by atoms with Gasteiger partial charge in [-0.15, -0.1) is 13.2 Å². The van der Waals surface area contributed by atoms with Gasteiger partial charge >= 0.3 is 12.5 Å². The number of alkyl halides is 6. The summed E-state index contributed by atoms with van der Waals surface area (Å²) in [4.78, 5) is 13.6. The molecule has 1 atom stereocenters. The van der Waals surface area contributed by atoms with Crippen molar-refractivity contribution in [1.29, 1.82) is 0 Å². The van der Waals surface area contributed by atoms with E-state index in [1.165, 1.54) is 30.3 Å². The predicted octanol–water partition coefficient (Wildman–Crippen LogP) is 5.51. The predicted molar refractivity (Wildman–Crippen MR) is 88.9 cm³/mol. The number of para-hydroxylation sites is 1. The van der Waals surface area contributed by atoms with E-state index in [2.05, 4.69) is 4.74 Å². The summed E-state index contributed by atoms with van der Waals surface area (Å²) in [5.41, 5.74) is -0.645. The summed E-state index contributed by atoms with van der Waals surface area (Å²) in [7, 11) is 0. The summed E-state index contributed by atoms with van der Waals surface area (Å²) in [5, 5.41) is 0. The zero-order chi connectivity index (χ0) is 20.5. The number of carbonyl (C=O) groups is 1. The maximum absolute atomic E-state index is 13.2. The van der Waals surface area contributed by atoms with Gasteiger partial charge in [0.05, 0.1) is 11.3 Å². The highest BCUT2D eigenvalue weighted by atomic mass is 19.4. The maximum Gasteiger partial charge on any atom is 0.573 e. The van der Waals surface area contributed by atoms with Crippen molar-refractivity contribution in [2.24, 2.45) is 0 Å². The minimum atomic E-state index is -4.83. The third-order valence-corrected chi connectivity index (χ3v) is 4.49. The third kappa shape index (κ3) is 4.58. The van der Waals surface area contributed by atoms with Crippen molar-refractivity contribution in [1.82, 2.24) is 0 Å². The molecule has 0 aliphatic carbocycles. The Morgan fingerprint density at radius 3 is 2.32 bits per heavy atom. The summed E-state index contributed by atoms with van der Waals surface area (Å²) < 4.78 is 80.6. The third-order valence-electron chi connectivity index (χ3n) is 4.49. The number of benzene rings is 2. The van der Waals surface area contributed by atoms with E-state index in [1.54, 1.807) is 6.07 Å². The van der Waals surface area contributed by atoms with Crippen LogP contribution >= 0.6 is 0 Å². The van der Waals surface area contributed by atoms with Crippen molar-refractivity contribution >= 4 is 11.6 Å². The SMILES string of the molecule is O=C1CC(c2cccc(OC(F)(F)F)c2)CCN1c1ccccc1C(F)(F)F. The Balaban J connectivity index is 1.79. The first-order valence-corrected chi connectivity index (χ1v) is 8.37. The number of ether oxygens (including phenoxy) is 1. The first-order valence-electron chi connectivity index (χ1n) is 8.37. The monoisotopic (exact) mass is 403 g/mol. The first kappa shape index (κ1) is 20.0. The number of anilines is 1. The Kier molecular flexibility index (Phi) is 5.27. The van der Waals surface area contributed by atoms with Gasteiger partial charge in [-0.05, 0) is 42.2 Å². The molecule has 2 aromatic rings. The second-order valence-corrected chi connectivity index (χ2v) is 6.37. The normalized spacial score (nSPS) is 18.3. The number of nitrogens with zero attached hydrogens (tertiary/aromatic N) is 1. The van der Waals surface area contributed by atoms with Crippen molar-refractivity contribution in [3.05, 3.63) is 59.7 Å². The lowest BCUT2D eigenvalue weighted by Gasteiger charge is -2.33. The van der Waals surface area contributed by atoms with Gasteiger partial charge in [0.25, 0.3) is 0 Å². The van der Waals surface area contributed by atoms with Crippen LogP contribution in [-0.4, -0.2) is 18.8 Å². The molecular weight excluding hydrogens is 388 g/mol. The Morgan fingerprint density at radius 1 is 0.964 bits per heavy atom. The average Bonchev–Trinajstić information content (AvgIpc) is 2.60. The quantitative estimate of drug-likeness (QED) is 0.632. The van der Waals surface area contributed by atoms with E-state index in [-0.39, 0.29) is 18.7 Å². The van der Waals surface area contributed by atoms with E-state index in [0.29, 0.717) is 12.0 Å². The highest BCUT2D eigenvalue weighted by Crippen LogP contribution is 2.39. The fourth-order valence-electron chi connectivity index (χ4n) is 3.29. The molecule has 150 valence electrons. The summed E-state index contributed by atoms with van der Waals surface area (Å²) in [6.07, 6.45) is -9.23. The molecule has 3 rings (SSSR count). The second kappa shape index (κ2) is 7.37. The minimum absolute atomic E-state index is 0.0287. The molecule has 0 radical (unpaired) electrons.